The third-order valence-electron chi connectivity index (χ3n) is 5.51. The third kappa shape index (κ3) is 3.92. The van der Waals surface area contributed by atoms with Crippen LogP contribution in [0.25, 0.3) is 5.69 Å². The van der Waals surface area contributed by atoms with E-state index in [0.717, 1.165) is 35.5 Å². The first-order valence-electron chi connectivity index (χ1n) is 9.78. The zero-order valence-corrected chi connectivity index (χ0v) is 17.0. The summed E-state index contributed by atoms with van der Waals surface area (Å²) >= 11 is 0. The number of fused-ring (bicyclic) bond motifs is 1. The van der Waals surface area contributed by atoms with Crippen molar-refractivity contribution in [1.29, 1.82) is 0 Å². The first kappa shape index (κ1) is 19.3. The number of ether oxygens (including phenoxy) is 2. The molecule has 1 aromatic heterocycles. The van der Waals surface area contributed by atoms with Crippen LogP contribution in [0, 0.1) is 5.41 Å². The van der Waals surface area contributed by atoms with Crippen molar-refractivity contribution in [1.82, 2.24) is 20.0 Å². The molecule has 1 aliphatic carbocycles. The van der Waals surface area contributed by atoms with Crippen molar-refractivity contribution in [2.45, 2.75) is 32.7 Å². The van der Waals surface area contributed by atoms with Gasteiger partial charge in [0.1, 0.15) is 18.9 Å². The Bertz CT molecular complexity index is 919. The van der Waals surface area contributed by atoms with Gasteiger partial charge in [-0.3, -0.25) is 9.69 Å². The maximum atomic E-state index is 12.6. The fourth-order valence-electron chi connectivity index (χ4n) is 4.10. The Morgan fingerprint density at radius 1 is 1.34 bits per heavy atom. The summed E-state index contributed by atoms with van der Waals surface area (Å²) in [5.41, 5.74) is 3.08. The van der Waals surface area contributed by atoms with E-state index in [0.29, 0.717) is 13.2 Å². The fraction of sp³-hybridized carbons (Fsp3) is 0.476. The molecule has 4 rings (SSSR count). The number of methoxy groups -OCH3 is 1. The summed E-state index contributed by atoms with van der Waals surface area (Å²) in [6.07, 6.45) is 3.07. The Balaban J connectivity index is 1.57. The number of carbonyl (C=O) groups is 2. The van der Waals surface area contributed by atoms with Crippen LogP contribution in [0.1, 0.15) is 37.6 Å². The molecule has 8 heteroatoms. The Morgan fingerprint density at radius 3 is 2.76 bits per heavy atom. The van der Waals surface area contributed by atoms with Crippen LogP contribution >= 0.6 is 0 Å². The number of rotatable bonds is 5. The molecule has 0 spiro atoms. The molecule has 2 amide bonds. The number of hydrogen-bond donors (Lipinski definition) is 1. The molecule has 1 N–H and O–H groups in total. The molecule has 0 radical (unpaired) electrons. The van der Waals surface area contributed by atoms with E-state index in [1.807, 2.05) is 35.1 Å². The van der Waals surface area contributed by atoms with Crippen LogP contribution in [0.5, 0.6) is 5.75 Å². The van der Waals surface area contributed by atoms with Crippen molar-refractivity contribution in [2.75, 3.05) is 26.8 Å². The molecule has 0 unspecified atom stereocenters. The van der Waals surface area contributed by atoms with E-state index in [9.17, 15) is 9.59 Å². The number of amides is 2. The minimum absolute atomic E-state index is 0.00176. The lowest BCUT2D eigenvalue weighted by Crippen LogP contribution is -2.42. The van der Waals surface area contributed by atoms with E-state index >= 15 is 0 Å². The van der Waals surface area contributed by atoms with Gasteiger partial charge in [-0.1, -0.05) is 13.8 Å². The Kier molecular flexibility index (Phi) is 4.94. The van der Waals surface area contributed by atoms with Crippen molar-refractivity contribution in [3.8, 4) is 11.4 Å². The van der Waals surface area contributed by atoms with Gasteiger partial charge in [-0.05, 0) is 42.5 Å². The summed E-state index contributed by atoms with van der Waals surface area (Å²) in [6.45, 7) is 5.18. The second-order valence-corrected chi connectivity index (χ2v) is 8.36. The topological polar surface area (TPSA) is 85.7 Å². The molecule has 2 aromatic rings. The van der Waals surface area contributed by atoms with Crippen molar-refractivity contribution in [3.63, 3.8) is 0 Å². The summed E-state index contributed by atoms with van der Waals surface area (Å²) in [6, 6.07) is 7.62. The van der Waals surface area contributed by atoms with Crippen molar-refractivity contribution >= 4 is 12.0 Å². The van der Waals surface area contributed by atoms with Gasteiger partial charge in [0.25, 0.3) is 0 Å². The number of nitrogens with zero attached hydrogens (tertiary/aromatic N) is 3. The summed E-state index contributed by atoms with van der Waals surface area (Å²) < 4.78 is 12.1. The van der Waals surface area contributed by atoms with E-state index < -0.39 is 6.09 Å². The average molecular weight is 398 g/mol. The lowest BCUT2D eigenvalue weighted by Gasteiger charge is -2.36. The average Bonchev–Trinajstić information content (AvgIpc) is 3.27. The molecule has 154 valence electrons. The van der Waals surface area contributed by atoms with Crippen LogP contribution < -0.4 is 10.1 Å². The molecule has 2 heterocycles. The molecule has 0 bridgehead atoms. The van der Waals surface area contributed by atoms with Gasteiger partial charge in [0, 0.05) is 5.56 Å². The van der Waals surface area contributed by atoms with Crippen molar-refractivity contribution in [2.24, 2.45) is 5.41 Å². The van der Waals surface area contributed by atoms with Crippen LogP contribution in [-0.2, 0) is 16.0 Å². The number of carbonyl (C=O) groups excluding carboxylic acids is 2. The molecule has 1 aliphatic heterocycles. The van der Waals surface area contributed by atoms with Gasteiger partial charge in [0.05, 0.1) is 37.3 Å². The normalized spacial score (nSPS) is 20.2. The maximum Gasteiger partial charge on any atom is 0.410 e. The van der Waals surface area contributed by atoms with Gasteiger partial charge < -0.3 is 14.8 Å². The van der Waals surface area contributed by atoms with Gasteiger partial charge >= 0.3 is 6.09 Å². The second kappa shape index (κ2) is 7.42. The third-order valence-corrected chi connectivity index (χ3v) is 5.51. The van der Waals surface area contributed by atoms with Gasteiger partial charge in [0.15, 0.2) is 0 Å². The van der Waals surface area contributed by atoms with E-state index in [4.69, 9.17) is 9.47 Å². The highest BCUT2D eigenvalue weighted by Crippen LogP contribution is 2.41. The standard InChI is InChI=1S/C21H26N4O4/c1-21(2)10-17(23-19(26)13-24-8-9-29-20(24)27)16-12-22-25(18(16)11-21)14-4-6-15(28-3)7-5-14/h4-7,12,17H,8-11,13H2,1-3H3,(H,23,26)/t17-/m1/s1. The first-order valence-corrected chi connectivity index (χ1v) is 9.78. The molecule has 1 saturated heterocycles. The van der Waals surface area contributed by atoms with Gasteiger partial charge in [0.2, 0.25) is 5.91 Å². The minimum atomic E-state index is -0.433. The summed E-state index contributed by atoms with van der Waals surface area (Å²) in [5.74, 6) is 0.607. The van der Waals surface area contributed by atoms with Crippen LogP contribution in [0.15, 0.2) is 30.5 Å². The largest absolute Gasteiger partial charge is 0.497 e. The van der Waals surface area contributed by atoms with Crippen LogP contribution in [0.2, 0.25) is 0 Å². The number of cyclic esters (lactones) is 1. The highest BCUT2D eigenvalue weighted by molar-refractivity contribution is 5.83. The lowest BCUT2D eigenvalue weighted by atomic mass is 9.74. The SMILES string of the molecule is COc1ccc(-n2ncc3c2CC(C)(C)C[C@H]3NC(=O)CN2CCOC2=O)cc1. The molecule has 1 fully saturated rings. The second-order valence-electron chi connectivity index (χ2n) is 8.36. The summed E-state index contributed by atoms with van der Waals surface area (Å²) in [7, 11) is 1.64. The molecule has 1 atom stereocenters. The maximum absolute atomic E-state index is 12.6. The minimum Gasteiger partial charge on any atom is -0.497 e. The van der Waals surface area contributed by atoms with Crippen LogP contribution in [-0.4, -0.2) is 53.5 Å². The van der Waals surface area contributed by atoms with E-state index in [-0.39, 0.29) is 23.9 Å². The summed E-state index contributed by atoms with van der Waals surface area (Å²) in [4.78, 5) is 25.6. The van der Waals surface area contributed by atoms with Crippen LogP contribution in [0.3, 0.4) is 0 Å². The van der Waals surface area contributed by atoms with Crippen molar-refractivity contribution in [3.05, 3.63) is 41.7 Å². The van der Waals surface area contributed by atoms with E-state index in [1.54, 1.807) is 7.11 Å². The highest BCUT2D eigenvalue weighted by atomic mass is 16.6. The van der Waals surface area contributed by atoms with Crippen LogP contribution in [0.4, 0.5) is 4.79 Å². The Morgan fingerprint density at radius 2 is 2.10 bits per heavy atom. The molecule has 29 heavy (non-hydrogen) atoms. The zero-order chi connectivity index (χ0) is 20.6. The highest BCUT2D eigenvalue weighted by Gasteiger charge is 2.36. The van der Waals surface area contributed by atoms with Crippen molar-refractivity contribution < 1.29 is 19.1 Å². The van der Waals surface area contributed by atoms with E-state index in [1.165, 1.54) is 4.90 Å². The number of hydrogen-bond acceptors (Lipinski definition) is 5. The molecule has 2 aliphatic rings. The van der Waals surface area contributed by atoms with Gasteiger partial charge in [-0.15, -0.1) is 0 Å². The first-order chi connectivity index (χ1) is 13.9. The Hall–Kier alpha value is -3.03. The molecular weight excluding hydrogens is 372 g/mol. The number of nitrogens with one attached hydrogen (secondary N) is 1. The fourth-order valence-corrected chi connectivity index (χ4v) is 4.10. The van der Waals surface area contributed by atoms with Gasteiger partial charge in [-0.25, -0.2) is 9.48 Å². The number of aromatic nitrogens is 2. The zero-order valence-electron chi connectivity index (χ0n) is 17.0. The lowest BCUT2D eigenvalue weighted by molar-refractivity contribution is -0.122. The predicted molar refractivity (Wildman–Crippen MR) is 106 cm³/mol. The predicted octanol–water partition coefficient (Wildman–Crippen LogP) is 2.46. The number of benzene rings is 1. The quantitative estimate of drug-likeness (QED) is 0.836. The smallest absolute Gasteiger partial charge is 0.410 e. The summed E-state index contributed by atoms with van der Waals surface area (Å²) in [5, 5.41) is 7.70. The van der Waals surface area contributed by atoms with E-state index in [2.05, 4.69) is 24.3 Å². The molecule has 8 nitrogen and oxygen atoms in total. The molecule has 1 aromatic carbocycles. The Labute approximate surface area is 169 Å². The monoisotopic (exact) mass is 398 g/mol. The molecule has 0 saturated carbocycles. The van der Waals surface area contributed by atoms with Gasteiger partial charge in [-0.2, -0.15) is 5.10 Å². The molecular formula is C21H26N4O4.